The molecule has 1 heterocycles. The summed E-state index contributed by atoms with van der Waals surface area (Å²) in [6.45, 7) is 19.0. The summed E-state index contributed by atoms with van der Waals surface area (Å²) >= 11 is 0. The van der Waals surface area contributed by atoms with Gasteiger partial charge in [0, 0.05) is 23.7 Å². The average molecular weight is 475 g/mol. The maximum atomic E-state index is 13.5. The van der Waals surface area contributed by atoms with E-state index in [1.807, 2.05) is 0 Å². The highest BCUT2D eigenvalue weighted by atomic mass is 16.5. The van der Waals surface area contributed by atoms with Gasteiger partial charge in [-0.3, -0.25) is 9.79 Å². The molecule has 5 aliphatic rings. The van der Waals surface area contributed by atoms with E-state index in [1.54, 1.807) is 0 Å². The Labute approximate surface area is 211 Å². The summed E-state index contributed by atoms with van der Waals surface area (Å²) < 4.78 is 6.65. The number of carbonyl (C=O) groups is 1. The maximum Gasteiger partial charge on any atom is 0.158 e. The number of anilines is 1. The first-order valence-electron chi connectivity index (χ1n) is 13.7. The van der Waals surface area contributed by atoms with Gasteiger partial charge in [-0.2, -0.15) is 0 Å². The van der Waals surface area contributed by atoms with Gasteiger partial charge in [-0.25, -0.2) is 0 Å². The summed E-state index contributed by atoms with van der Waals surface area (Å²) in [5.41, 5.74) is 4.27. The molecule has 4 aliphatic carbocycles. The van der Waals surface area contributed by atoms with Crippen LogP contribution in [0.3, 0.4) is 0 Å². The van der Waals surface area contributed by atoms with E-state index in [0.29, 0.717) is 30.1 Å². The predicted octanol–water partition coefficient (Wildman–Crippen LogP) is 6.98. The van der Waals surface area contributed by atoms with Gasteiger partial charge in [0.2, 0.25) is 0 Å². The van der Waals surface area contributed by atoms with Gasteiger partial charge < -0.3 is 10.1 Å². The molecule has 1 aliphatic heterocycles. The lowest BCUT2D eigenvalue weighted by molar-refractivity contribution is -0.127. The van der Waals surface area contributed by atoms with Crippen LogP contribution in [0.2, 0.25) is 0 Å². The molecule has 35 heavy (non-hydrogen) atoms. The number of rotatable bonds is 3. The molecule has 1 aromatic carbocycles. The summed E-state index contributed by atoms with van der Waals surface area (Å²) in [5, 5.41) is 3.73. The number of aliphatic imine (C=N–C) groups is 1. The minimum absolute atomic E-state index is 0.0446. The Morgan fingerprint density at radius 3 is 2.60 bits per heavy atom. The van der Waals surface area contributed by atoms with Crippen molar-refractivity contribution in [3.63, 3.8) is 0 Å². The van der Waals surface area contributed by atoms with Gasteiger partial charge in [-0.15, -0.1) is 0 Å². The molecule has 4 nitrogen and oxygen atoms in total. The number of nitrogens with one attached hydrogen (secondary N) is 1. The molecule has 1 aromatic rings. The van der Waals surface area contributed by atoms with Crippen LogP contribution in [0.15, 0.2) is 41.4 Å². The molecule has 4 saturated carbocycles. The first-order chi connectivity index (χ1) is 16.4. The number of hydrogen-bond donors (Lipinski definition) is 1. The van der Waals surface area contributed by atoms with E-state index in [0.717, 1.165) is 37.1 Å². The Morgan fingerprint density at radius 1 is 1.14 bits per heavy atom. The van der Waals surface area contributed by atoms with E-state index in [1.165, 1.54) is 17.7 Å². The Hall–Kier alpha value is -1.94. The lowest BCUT2D eigenvalue weighted by Crippen LogP contribution is -2.51. The van der Waals surface area contributed by atoms with Gasteiger partial charge in [0.05, 0.1) is 29.7 Å². The Morgan fingerprint density at radius 2 is 1.89 bits per heavy atom. The van der Waals surface area contributed by atoms with Crippen molar-refractivity contribution in [2.24, 2.45) is 44.9 Å². The summed E-state index contributed by atoms with van der Waals surface area (Å²) in [6, 6.07) is 8.18. The van der Waals surface area contributed by atoms with Crippen LogP contribution in [-0.2, 0) is 9.53 Å². The lowest BCUT2D eigenvalue weighted by atomic mass is 9.63. The molecule has 0 amide bonds. The first kappa shape index (κ1) is 23.5. The van der Waals surface area contributed by atoms with E-state index in [4.69, 9.17) is 9.73 Å². The quantitative estimate of drug-likeness (QED) is 0.481. The minimum Gasteiger partial charge on any atom is -0.373 e. The number of benzene rings is 1. The van der Waals surface area contributed by atoms with Crippen LogP contribution in [0.4, 0.5) is 11.4 Å². The summed E-state index contributed by atoms with van der Waals surface area (Å²) in [5.74, 6) is 1.79. The second-order valence-corrected chi connectivity index (χ2v) is 13.8. The third kappa shape index (κ3) is 2.95. The second kappa shape index (κ2) is 7.31. The Bertz CT molecular complexity index is 1130. The van der Waals surface area contributed by atoms with Crippen molar-refractivity contribution in [2.45, 2.75) is 85.3 Å². The van der Waals surface area contributed by atoms with Gasteiger partial charge in [-0.1, -0.05) is 60.3 Å². The van der Waals surface area contributed by atoms with Crippen molar-refractivity contribution in [3.05, 3.63) is 36.4 Å². The Kier molecular flexibility index (Phi) is 4.90. The average Bonchev–Trinajstić information content (AvgIpc) is 3.43. The first-order valence-corrected chi connectivity index (χ1v) is 13.7. The van der Waals surface area contributed by atoms with Crippen LogP contribution in [0.25, 0.3) is 0 Å². The molecule has 6 rings (SSSR count). The molecule has 7 atom stereocenters. The Balaban J connectivity index is 1.41. The fraction of sp³-hybridized carbons (Fsp3) is 0.677. The lowest BCUT2D eigenvalue weighted by Gasteiger charge is -2.45. The standard InChI is InChI=1S/C31H42N2O2/c1-18-15-31(35-17-18)27(21-12-13-30(31,7)29(21,5)6)33-24-11-9-8-10-23(24)32-25-22-14-20(16-28(22,3)4)19(2)26(25)34/h8-11,19-22,25,32H,1,12-17H2,2-7H3/t19-,20?,21-,22+,25+,30-,31-/m0/s1. The van der Waals surface area contributed by atoms with Crippen LogP contribution in [-0.4, -0.2) is 29.7 Å². The summed E-state index contributed by atoms with van der Waals surface area (Å²) in [4.78, 5) is 18.9. The van der Waals surface area contributed by atoms with E-state index >= 15 is 0 Å². The highest BCUT2D eigenvalue weighted by molar-refractivity contribution is 6.03. The van der Waals surface area contributed by atoms with Crippen molar-refractivity contribution in [1.82, 2.24) is 0 Å². The van der Waals surface area contributed by atoms with E-state index in [9.17, 15) is 4.79 Å². The molecule has 1 N–H and O–H groups in total. The second-order valence-electron chi connectivity index (χ2n) is 13.8. The van der Waals surface area contributed by atoms with Crippen molar-refractivity contribution in [2.75, 3.05) is 11.9 Å². The zero-order chi connectivity index (χ0) is 25.0. The molecule has 0 aromatic heterocycles. The van der Waals surface area contributed by atoms with Crippen molar-refractivity contribution >= 4 is 22.9 Å². The summed E-state index contributed by atoms with van der Waals surface area (Å²) in [7, 11) is 0. The van der Waals surface area contributed by atoms with Crippen LogP contribution in [0, 0.1) is 39.9 Å². The number of hydrogen-bond acceptors (Lipinski definition) is 4. The van der Waals surface area contributed by atoms with E-state index < -0.39 is 0 Å². The molecule has 1 spiro atoms. The number of carbonyl (C=O) groups excluding carboxylic acids is 1. The van der Waals surface area contributed by atoms with Crippen LogP contribution in [0.1, 0.15) is 73.6 Å². The van der Waals surface area contributed by atoms with Crippen LogP contribution in [0.5, 0.6) is 0 Å². The third-order valence-corrected chi connectivity index (χ3v) is 11.6. The van der Waals surface area contributed by atoms with Gasteiger partial charge in [0.1, 0.15) is 5.60 Å². The molecule has 5 fully saturated rings. The van der Waals surface area contributed by atoms with Gasteiger partial charge >= 0.3 is 0 Å². The fourth-order valence-electron chi connectivity index (χ4n) is 9.03. The van der Waals surface area contributed by atoms with E-state index in [-0.39, 0.29) is 33.8 Å². The number of ether oxygens (including phenoxy) is 1. The number of ketones is 1. The zero-order valence-corrected chi connectivity index (χ0v) is 22.4. The van der Waals surface area contributed by atoms with Crippen molar-refractivity contribution in [1.29, 1.82) is 0 Å². The van der Waals surface area contributed by atoms with Crippen molar-refractivity contribution < 1.29 is 9.53 Å². The zero-order valence-electron chi connectivity index (χ0n) is 22.4. The smallest absolute Gasteiger partial charge is 0.158 e. The molecular formula is C31H42N2O2. The van der Waals surface area contributed by atoms with Crippen molar-refractivity contribution in [3.8, 4) is 0 Å². The number of Topliss-reactive ketones (excluding diaryl/α,β-unsaturated/α-hetero) is 1. The predicted molar refractivity (Wildman–Crippen MR) is 142 cm³/mol. The third-order valence-electron chi connectivity index (χ3n) is 11.6. The highest BCUT2D eigenvalue weighted by Gasteiger charge is 2.74. The molecule has 1 saturated heterocycles. The van der Waals surface area contributed by atoms with Crippen LogP contribution < -0.4 is 5.32 Å². The number of para-hydroxylation sites is 2. The molecule has 1 unspecified atom stereocenters. The maximum absolute atomic E-state index is 13.5. The SMILES string of the molecule is C=C1CO[C@@]2(C1)C(=Nc1ccccc1N[C@H]1C(=O)[C@@H](C)C3C[C@H]1C(C)(C)C3)[C@@H]1CC[C@@]2(C)C1(C)C. The van der Waals surface area contributed by atoms with Gasteiger partial charge in [0.25, 0.3) is 0 Å². The molecule has 4 bridgehead atoms. The topological polar surface area (TPSA) is 50.7 Å². The van der Waals surface area contributed by atoms with E-state index in [2.05, 4.69) is 77.7 Å². The molecule has 0 radical (unpaired) electrons. The normalized spacial score (nSPS) is 44.1. The molecular weight excluding hydrogens is 432 g/mol. The number of fused-ring (bicyclic) bond motifs is 5. The van der Waals surface area contributed by atoms with Crippen LogP contribution >= 0.6 is 0 Å². The molecule has 188 valence electrons. The fourth-order valence-corrected chi connectivity index (χ4v) is 9.03. The monoisotopic (exact) mass is 474 g/mol. The largest absolute Gasteiger partial charge is 0.373 e. The number of nitrogens with zero attached hydrogens (tertiary/aromatic N) is 1. The minimum atomic E-state index is -0.362. The molecule has 4 heteroatoms. The van der Waals surface area contributed by atoms with Gasteiger partial charge in [0.15, 0.2) is 5.78 Å². The highest BCUT2D eigenvalue weighted by Crippen LogP contribution is 2.72. The van der Waals surface area contributed by atoms with Gasteiger partial charge in [-0.05, 0) is 66.1 Å². The summed E-state index contributed by atoms with van der Waals surface area (Å²) in [6.07, 6.45) is 5.48.